The smallest absolute Gasteiger partial charge is 0.279 e. The molecule has 0 spiro atoms. The van der Waals surface area contributed by atoms with Crippen molar-refractivity contribution in [1.82, 2.24) is 4.57 Å². The van der Waals surface area contributed by atoms with E-state index < -0.39 is 5.91 Å². The Morgan fingerprint density at radius 2 is 1.45 bits per heavy atom. The number of rotatable bonds is 10. The number of aryl methyl sites for hydroxylation is 1. The van der Waals surface area contributed by atoms with Gasteiger partial charge in [-0.2, -0.15) is 4.99 Å². The molecule has 0 saturated heterocycles. The molecule has 0 radical (unpaired) electrons. The van der Waals surface area contributed by atoms with Gasteiger partial charge in [-0.3, -0.25) is 4.79 Å². The second kappa shape index (κ2) is 11.1. The van der Waals surface area contributed by atoms with Gasteiger partial charge < -0.3 is 28.3 Å². The van der Waals surface area contributed by atoms with Crippen LogP contribution >= 0.6 is 11.3 Å². The Bertz CT molecular complexity index is 1170. The molecule has 0 unspecified atom stereocenters. The molecule has 3 aromatic rings. The fourth-order valence-corrected chi connectivity index (χ4v) is 4.70. The summed E-state index contributed by atoms with van der Waals surface area (Å²) in [6.45, 7) is 9.51. The predicted molar refractivity (Wildman–Crippen MR) is 128 cm³/mol. The van der Waals surface area contributed by atoms with E-state index in [9.17, 15) is 4.79 Å². The molecular weight excluding hydrogens is 444 g/mol. The number of fused-ring (bicyclic) bond motifs is 1. The number of amides is 1. The summed E-state index contributed by atoms with van der Waals surface area (Å²) >= 11 is 1.38. The van der Waals surface area contributed by atoms with Crippen LogP contribution < -0.4 is 28.5 Å². The van der Waals surface area contributed by atoms with Crippen molar-refractivity contribution in [2.75, 3.05) is 34.0 Å². The summed E-state index contributed by atoms with van der Waals surface area (Å²) in [5.41, 5.74) is 1.19. The highest BCUT2D eigenvalue weighted by atomic mass is 32.1. The third-order valence-electron chi connectivity index (χ3n) is 4.86. The third-order valence-corrected chi connectivity index (χ3v) is 5.95. The Balaban J connectivity index is 2.19. The summed E-state index contributed by atoms with van der Waals surface area (Å²) < 4.78 is 31.1. The fourth-order valence-electron chi connectivity index (χ4n) is 3.50. The van der Waals surface area contributed by atoms with Gasteiger partial charge in [0.15, 0.2) is 16.3 Å². The SMILES string of the molecule is CCOc1cc(C(=O)N=c2sc3c(OC)ccc(OC)c3n2CC)cc(OCC)c1OCC. The molecule has 0 bridgehead atoms. The number of aromatic nitrogens is 1. The van der Waals surface area contributed by atoms with E-state index >= 15 is 0 Å². The largest absolute Gasteiger partial charge is 0.495 e. The van der Waals surface area contributed by atoms with Crippen LogP contribution in [0.5, 0.6) is 28.7 Å². The van der Waals surface area contributed by atoms with Crippen LogP contribution in [0.3, 0.4) is 0 Å². The summed E-state index contributed by atoms with van der Waals surface area (Å²) in [7, 11) is 3.23. The Morgan fingerprint density at radius 1 is 0.879 bits per heavy atom. The Kier molecular flexibility index (Phi) is 8.21. The van der Waals surface area contributed by atoms with Gasteiger partial charge in [-0.15, -0.1) is 0 Å². The second-order valence-electron chi connectivity index (χ2n) is 6.79. The van der Waals surface area contributed by atoms with Gasteiger partial charge in [0.05, 0.1) is 34.0 Å². The Labute approximate surface area is 197 Å². The monoisotopic (exact) mass is 474 g/mol. The molecule has 0 aliphatic carbocycles. The number of hydrogen-bond acceptors (Lipinski definition) is 7. The lowest BCUT2D eigenvalue weighted by Crippen LogP contribution is -2.16. The van der Waals surface area contributed by atoms with Crippen molar-refractivity contribution < 1.29 is 28.5 Å². The van der Waals surface area contributed by atoms with Crippen LogP contribution in [0.2, 0.25) is 0 Å². The zero-order valence-electron chi connectivity index (χ0n) is 19.9. The van der Waals surface area contributed by atoms with E-state index in [0.29, 0.717) is 65.5 Å². The van der Waals surface area contributed by atoms with Crippen molar-refractivity contribution in [1.29, 1.82) is 0 Å². The zero-order valence-corrected chi connectivity index (χ0v) is 20.7. The first-order chi connectivity index (χ1) is 16.0. The molecule has 0 fully saturated rings. The molecule has 9 heteroatoms. The summed E-state index contributed by atoms with van der Waals surface area (Å²) in [6.07, 6.45) is 0. The van der Waals surface area contributed by atoms with Crippen LogP contribution in [0, 0.1) is 0 Å². The maximum atomic E-state index is 13.3. The number of benzene rings is 2. The first-order valence-corrected chi connectivity index (χ1v) is 11.7. The van der Waals surface area contributed by atoms with Crippen molar-refractivity contribution >= 4 is 27.5 Å². The van der Waals surface area contributed by atoms with Crippen molar-refractivity contribution in [2.45, 2.75) is 34.2 Å². The number of methoxy groups -OCH3 is 2. The van der Waals surface area contributed by atoms with Crippen LogP contribution in [0.15, 0.2) is 29.3 Å². The number of hydrogen-bond donors (Lipinski definition) is 0. The summed E-state index contributed by atoms with van der Waals surface area (Å²) in [5.74, 6) is 2.37. The average Bonchev–Trinajstić information content (AvgIpc) is 3.18. The maximum Gasteiger partial charge on any atom is 0.279 e. The molecule has 8 nitrogen and oxygen atoms in total. The molecule has 2 aromatic carbocycles. The quantitative estimate of drug-likeness (QED) is 0.425. The molecule has 0 aliphatic rings. The Hall–Kier alpha value is -3.20. The molecule has 0 saturated carbocycles. The van der Waals surface area contributed by atoms with E-state index in [1.807, 2.05) is 44.4 Å². The van der Waals surface area contributed by atoms with Gasteiger partial charge in [0.25, 0.3) is 5.91 Å². The first-order valence-electron chi connectivity index (χ1n) is 10.9. The van der Waals surface area contributed by atoms with Crippen molar-refractivity contribution in [3.05, 3.63) is 34.6 Å². The lowest BCUT2D eigenvalue weighted by atomic mass is 10.1. The molecule has 33 heavy (non-hydrogen) atoms. The van der Waals surface area contributed by atoms with Gasteiger partial charge in [0.2, 0.25) is 5.75 Å². The number of carbonyl (C=O) groups is 1. The molecule has 0 aliphatic heterocycles. The molecule has 3 rings (SSSR count). The van der Waals surface area contributed by atoms with E-state index in [0.717, 1.165) is 10.2 Å². The predicted octanol–water partition coefficient (Wildman–Crippen LogP) is 4.68. The molecule has 178 valence electrons. The van der Waals surface area contributed by atoms with Gasteiger partial charge in [-0.25, -0.2) is 0 Å². The molecule has 1 heterocycles. The first kappa shape index (κ1) is 24.4. The normalized spacial score (nSPS) is 11.5. The number of nitrogens with zero attached hydrogens (tertiary/aromatic N) is 2. The number of thiazole rings is 1. The van der Waals surface area contributed by atoms with Crippen LogP contribution in [0.4, 0.5) is 0 Å². The molecular formula is C24H30N2O6S. The molecule has 1 aromatic heterocycles. The van der Waals surface area contributed by atoms with Crippen LogP contribution in [0.1, 0.15) is 38.1 Å². The highest BCUT2D eigenvalue weighted by Crippen LogP contribution is 2.39. The average molecular weight is 475 g/mol. The van der Waals surface area contributed by atoms with E-state index in [4.69, 9.17) is 23.7 Å². The van der Waals surface area contributed by atoms with E-state index in [2.05, 4.69) is 4.99 Å². The van der Waals surface area contributed by atoms with Gasteiger partial charge >= 0.3 is 0 Å². The summed E-state index contributed by atoms with van der Waals surface area (Å²) in [5, 5.41) is 0. The standard InChI is InChI=1S/C24H30N2O6S/c1-7-26-20-16(28-5)11-12-17(29-6)22(20)33-24(26)25-23(27)15-13-18(30-8-2)21(32-10-4)19(14-15)31-9-3/h11-14H,7-10H2,1-6H3. The minimum absolute atomic E-state index is 0.351. The maximum absolute atomic E-state index is 13.3. The van der Waals surface area contributed by atoms with Gasteiger partial charge in [-0.1, -0.05) is 11.3 Å². The van der Waals surface area contributed by atoms with Crippen molar-refractivity contribution in [3.8, 4) is 28.7 Å². The van der Waals surface area contributed by atoms with Crippen LogP contribution in [-0.2, 0) is 6.54 Å². The van der Waals surface area contributed by atoms with Crippen LogP contribution in [-0.4, -0.2) is 44.5 Å². The van der Waals surface area contributed by atoms with Gasteiger partial charge in [-0.05, 0) is 52.0 Å². The van der Waals surface area contributed by atoms with E-state index in [-0.39, 0.29) is 0 Å². The summed E-state index contributed by atoms with van der Waals surface area (Å²) in [4.78, 5) is 18.3. The fraction of sp³-hybridized carbons (Fsp3) is 0.417. The van der Waals surface area contributed by atoms with Gasteiger partial charge in [0, 0.05) is 12.1 Å². The van der Waals surface area contributed by atoms with Crippen LogP contribution in [0.25, 0.3) is 10.2 Å². The van der Waals surface area contributed by atoms with Gasteiger partial charge in [0.1, 0.15) is 21.7 Å². The topological polar surface area (TPSA) is 80.5 Å². The molecule has 0 atom stereocenters. The minimum atomic E-state index is -0.411. The highest BCUT2D eigenvalue weighted by Gasteiger charge is 2.20. The van der Waals surface area contributed by atoms with Crippen molar-refractivity contribution in [3.63, 3.8) is 0 Å². The number of carbonyl (C=O) groups excluding carboxylic acids is 1. The third kappa shape index (κ3) is 4.93. The number of ether oxygens (including phenoxy) is 5. The van der Waals surface area contributed by atoms with E-state index in [1.165, 1.54) is 11.3 Å². The van der Waals surface area contributed by atoms with E-state index in [1.54, 1.807) is 26.4 Å². The molecule has 0 N–H and O–H groups in total. The summed E-state index contributed by atoms with van der Waals surface area (Å²) in [6, 6.07) is 6.99. The Morgan fingerprint density at radius 3 is 1.97 bits per heavy atom. The lowest BCUT2D eigenvalue weighted by Gasteiger charge is -2.16. The second-order valence-corrected chi connectivity index (χ2v) is 7.77. The lowest BCUT2D eigenvalue weighted by molar-refractivity contribution is 0.0996. The minimum Gasteiger partial charge on any atom is -0.495 e. The van der Waals surface area contributed by atoms with Crippen molar-refractivity contribution in [2.24, 2.45) is 4.99 Å². The highest BCUT2D eigenvalue weighted by molar-refractivity contribution is 7.16. The zero-order chi connectivity index (χ0) is 24.0. The molecule has 1 amide bonds.